The topological polar surface area (TPSA) is 91.0 Å². The molecule has 0 amide bonds. The van der Waals surface area contributed by atoms with Gasteiger partial charge in [0, 0.05) is 31.2 Å². The van der Waals surface area contributed by atoms with E-state index in [2.05, 4.69) is 30.2 Å². The van der Waals surface area contributed by atoms with Crippen molar-refractivity contribution < 1.29 is 4.84 Å². The van der Waals surface area contributed by atoms with Gasteiger partial charge in [-0.25, -0.2) is 9.97 Å². The summed E-state index contributed by atoms with van der Waals surface area (Å²) in [6.45, 7) is 1.08. The molecule has 0 saturated heterocycles. The average Bonchev–Trinajstić information content (AvgIpc) is 3.26. The monoisotopic (exact) mass is 307 g/mol. The van der Waals surface area contributed by atoms with Gasteiger partial charge in [0.05, 0.1) is 24.1 Å². The van der Waals surface area contributed by atoms with Gasteiger partial charge in [0.1, 0.15) is 18.0 Å². The molecule has 0 bridgehead atoms. The van der Waals surface area contributed by atoms with Crippen molar-refractivity contribution in [2.45, 2.75) is 13.0 Å². The molecule has 0 unspecified atom stereocenters. The summed E-state index contributed by atoms with van der Waals surface area (Å²) in [5, 5.41) is 8.70. The summed E-state index contributed by atoms with van der Waals surface area (Å²) in [6.07, 6.45) is 9.17. The number of nitrogens with zero attached hydrogens (tertiary/aromatic N) is 7. The summed E-state index contributed by atoms with van der Waals surface area (Å²) in [4.78, 5) is 22.0. The van der Waals surface area contributed by atoms with Crippen molar-refractivity contribution in [1.82, 2.24) is 29.7 Å². The first-order valence-electron chi connectivity index (χ1n) is 7.19. The molecule has 23 heavy (non-hydrogen) atoms. The quantitative estimate of drug-likeness (QED) is 0.721. The molecule has 3 aromatic heterocycles. The molecule has 0 N–H and O–H groups in total. The van der Waals surface area contributed by atoms with Crippen molar-refractivity contribution in [3.63, 3.8) is 0 Å². The number of oxime groups is 1. The van der Waals surface area contributed by atoms with Crippen molar-refractivity contribution in [2.24, 2.45) is 5.16 Å². The summed E-state index contributed by atoms with van der Waals surface area (Å²) in [7, 11) is 0. The van der Waals surface area contributed by atoms with Crippen LogP contribution >= 0.6 is 0 Å². The number of aromatic nitrogens is 6. The first kappa shape index (κ1) is 13.5. The zero-order valence-electron chi connectivity index (χ0n) is 12.2. The molecule has 0 radical (unpaired) electrons. The molecule has 0 saturated carbocycles. The van der Waals surface area contributed by atoms with Crippen molar-refractivity contribution in [3.05, 3.63) is 54.5 Å². The minimum absolute atomic E-state index is 0.495. The first-order chi connectivity index (χ1) is 11.4. The van der Waals surface area contributed by atoms with Crippen LogP contribution in [0.25, 0.3) is 11.5 Å². The van der Waals surface area contributed by atoms with Crippen LogP contribution < -0.4 is 0 Å². The van der Waals surface area contributed by atoms with Crippen molar-refractivity contribution in [3.8, 4) is 11.5 Å². The molecule has 1 aliphatic rings. The van der Waals surface area contributed by atoms with Gasteiger partial charge >= 0.3 is 0 Å². The Morgan fingerprint density at radius 3 is 2.74 bits per heavy atom. The lowest BCUT2D eigenvalue weighted by molar-refractivity contribution is 0.174. The smallest absolute Gasteiger partial charge is 0.180 e. The van der Waals surface area contributed by atoms with E-state index in [9.17, 15) is 0 Å². The van der Waals surface area contributed by atoms with E-state index in [1.807, 2.05) is 10.7 Å². The van der Waals surface area contributed by atoms with Crippen molar-refractivity contribution in [2.75, 3.05) is 6.61 Å². The maximum atomic E-state index is 5.12. The predicted octanol–water partition coefficient (Wildman–Crippen LogP) is 1.30. The molecule has 8 nitrogen and oxygen atoms in total. The van der Waals surface area contributed by atoms with Crippen LogP contribution in [0.15, 0.2) is 48.3 Å². The van der Waals surface area contributed by atoms with Crippen LogP contribution in [0.2, 0.25) is 0 Å². The summed E-state index contributed by atoms with van der Waals surface area (Å²) < 4.78 is 1.84. The highest BCUT2D eigenvalue weighted by atomic mass is 16.6. The number of hydrogen-bond acceptors (Lipinski definition) is 7. The maximum Gasteiger partial charge on any atom is 0.180 e. The predicted molar refractivity (Wildman–Crippen MR) is 81.5 cm³/mol. The van der Waals surface area contributed by atoms with Gasteiger partial charge in [-0.05, 0) is 12.1 Å². The molecular formula is C15H13N7O. The molecule has 3 aromatic rings. The van der Waals surface area contributed by atoms with E-state index in [0.29, 0.717) is 24.7 Å². The third-order valence-electron chi connectivity index (χ3n) is 3.40. The molecule has 0 atom stereocenters. The Bertz CT molecular complexity index is 830. The summed E-state index contributed by atoms with van der Waals surface area (Å²) in [5.74, 6) is 0.575. The van der Waals surface area contributed by atoms with Gasteiger partial charge in [0.25, 0.3) is 0 Å². The van der Waals surface area contributed by atoms with E-state index in [-0.39, 0.29) is 0 Å². The van der Waals surface area contributed by atoms with Gasteiger partial charge in [0.15, 0.2) is 5.82 Å². The van der Waals surface area contributed by atoms with Gasteiger partial charge in [-0.2, -0.15) is 5.10 Å². The zero-order chi connectivity index (χ0) is 15.5. The highest BCUT2D eigenvalue weighted by Crippen LogP contribution is 2.19. The fraction of sp³-hybridized carbons (Fsp3) is 0.200. The highest BCUT2D eigenvalue weighted by molar-refractivity contribution is 6.00. The maximum absolute atomic E-state index is 5.12. The molecule has 0 spiro atoms. The number of hydrogen-bond donors (Lipinski definition) is 0. The van der Waals surface area contributed by atoms with Gasteiger partial charge < -0.3 is 4.84 Å². The lowest BCUT2D eigenvalue weighted by Gasteiger charge is -2.05. The van der Waals surface area contributed by atoms with Gasteiger partial charge in [-0.3, -0.25) is 14.6 Å². The Hall–Kier alpha value is -3.16. The number of rotatable bonds is 4. The summed E-state index contributed by atoms with van der Waals surface area (Å²) in [6, 6.07) is 3.70. The van der Waals surface area contributed by atoms with Crippen LogP contribution in [-0.2, 0) is 11.4 Å². The van der Waals surface area contributed by atoms with Crippen LogP contribution in [0.4, 0.5) is 0 Å². The Morgan fingerprint density at radius 2 is 2.00 bits per heavy atom. The Labute approximate surface area is 131 Å². The van der Waals surface area contributed by atoms with Crippen LogP contribution in [0.3, 0.4) is 0 Å². The lowest BCUT2D eigenvalue weighted by atomic mass is 10.2. The second kappa shape index (κ2) is 5.91. The minimum Gasteiger partial charge on any atom is -0.395 e. The molecule has 0 aliphatic carbocycles. The standard InChI is InChI=1S/C15H13N7O/c1-3-18-15(19-4-1)13-8-14(12-2-7-23-21-12)22(20-13)10-11-9-16-5-6-17-11/h1,3-6,8-9H,2,7,10H2. The molecule has 4 heterocycles. The van der Waals surface area contributed by atoms with E-state index in [0.717, 1.165) is 23.5 Å². The van der Waals surface area contributed by atoms with Crippen molar-refractivity contribution in [1.29, 1.82) is 0 Å². The molecule has 114 valence electrons. The molecule has 8 heteroatoms. The second-order valence-corrected chi connectivity index (χ2v) is 4.96. The average molecular weight is 307 g/mol. The van der Waals surface area contributed by atoms with Gasteiger partial charge in [-0.15, -0.1) is 0 Å². The molecular weight excluding hydrogens is 294 g/mol. The van der Waals surface area contributed by atoms with Gasteiger partial charge in [-0.1, -0.05) is 5.16 Å². The fourth-order valence-electron chi connectivity index (χ4n) is 2.36. The van der Waals surface area contributed by atoms with Crippen LogP contribution in [0, 0.1) is 0 Å². The van der Waals surface area contributed by atoms with E-state index in [1.54, 1.807) is 37.1 Å². The normalized spacial score (nSPS) is 13.7. The van der Waals surface area contributed by atoms with E-state index >= 15 is 0 Å². The molecule has 0 fully saturated rings. The second-order valence-electron chi connectivity index (χ2n) is 4.96. The third kappa shape index (κ3) is 2.78. The molecule has 1 aliphatic heterocycles. The van der Waals surface area contributed by atoms with E-state index in [1.165, 1.54) is 0 Å². The Kier molecular flexibility index (Phi) is 3.47. The Morgan fingerprint density at radius 1 is 1.09 bits per heavy atom. The summed E-state index contributed by atoms with van der Waals surface area (Å²) >= 11 is 0. The molecule has 0 aromatic carbocycles. The van der Waals surface area contributed by atoms with Crippen LogP contribution in [-0.4, -0.2) is 42.0 Å². The van der Waals surface area contributed by atoms with Crippen molar-refractivity contribution >= 4 is 5.71 Å². The Balaban J connectivity index is 1.75. The zero-order valence-corrected chi connectivity index (χ0v) is 12.2. The fourth-order valence-corrected chi connectivity index (χ4v) is 2.36. The largest absolute Gasteiger partial charge is 0.395 e. The third-order valence-corrected chi connectivity index (χ3v) is 3.40. The highest BCUT2D eigenvalue weighted by Gasteiger charge is 2.19. The minimum atomic E-state index is 0.495. The van der Waals surface area contributed by atoms with E-state index in [4.69, 9.17) is 4.84 Å². The lowest BCUT2D eigenvalue weighted by Crippen LogP contribution is -2.12. The first-order valence-corrected chi connectivity index (χ1v) is 7.19. The SMILES string of the molecule is c1cnc(-c2cc(C3=NOCC3)n(Cc3cnccn3)n2)nc1. The molecule has 4 rings (SSSR count). The van der Waals surface area contributed by atoms with Crippen LogP contribution in [0.5, 0.6) is 0 Å². The van der Waals surface area contributed by atoms with Crippen LogP contribution in [0.1, 0.15) is 17.8 Å². The summed E-state index contributed by atoms with van der Waals surface area (Å²) in [5.41, 5.74) is 3.26. The van der Waals surface area contributed by atoms with E-state index < -0.39 is 0 Å². The van der Waals surface area contributed by atoms with Gasteiger partial charge in [0.2, 0.25) is 0 Å².